The number of rotatable bonds is 15. The van der Waals surface area contributed by atoms with Crippen LogP contribution in [0, 0.1) is 5.92 Å². The molecule has 2 aromatic rings. The average Bonchev–Trinajstić information content (AvgIpc) is 3.72. The SMILES string of the molecule is C=CC[C@](COC)(OC[C@H]1O[C@H](c2ccc3c(CC4CCCC4)nc(Cl)nn23)[C@@H]2OC(C)(C)O[C@@H]21)P(=O)(OCC)OCC. The van der Waals surface area contributed by atoms with Gasteiger partial charge in [0, 0.05) is 13.5 Å². The number of methoxy groups -OCH3 is 1. The van der Waals surface area contributed by atoms with Crippen molar-refractivity contribution in [2.24, 2.45) is 5.92 Å². The van der Waals surface area contributed by atoms with Gasteiger partial charge in [-0.2, -0.15) is 0 Å². The second-order valence-electron chi connectivity index (χ2n) is 11.9. The van der Waals surface area contributed by atoms with Gasteiger partial charge in [-0.05, 0) is 63.8 Å². The van der Waals surface area contributed by atoms with E-state index in [0.717, 1.165) is 23.3 Å². The van der Waals surface area contributed by atoms with Crippen LogP contribution in [0.5, 0.6) is 0 Å². The number of nitrogens with zero attached hydrogens (tertiary/aromatic N) is 3. The number of aromatic nitrogens is 3. The van der Waals surface area contributed by atoms with Crippen molar-refractivity contribution in [1.82, 2.24) is 14.6 Å². The first kappa shape index (κ1) is 33.0. The Bertz CT molecular complexity index is 1310. The lowest BCUT2D eigenvalue weighted by atomic mass is 10.0. The highest BCUT2D eigenvalue weighted by atomic mass is 35.5. The normalized spacial score (nSPS) is 27.1. The predicted molar refractivity (Wildman–Crippen MR) is 161 cm³/mol. The van der Waals surface area contributed by atoms with E-state index >= 15 is 0 Å². The summed E-state index contributed by atoms with van der Waals surface area (Å²) in [4.78, 5) is 4.60. The lowest BCUT2D eigenvalue weighted by Crippen LogP contribution is -2.43. The van der Waals surface area contributed by atoms with Gasteiger partial charge in [-0.1, -0.05) is 31.8 Å². The molecular weight excluding hydrogens is 597 g/mol. The first-order valence-electron chi connectivity index (χ1n) is 15.3. The van der Waals surface area contributed by atoms with Gasteiger partial charge in [-0.3, -0.25) is 4.57 Å². The Morgan fingerprint density at radius 3 is 2.53 bits per heavy atom. The van der Waals surface area contributed by atoms with Gasteiger partial charge < -0.3 is 32.7 Å². The summed E-state index contributed by atoms with van der Waals surface area (Å²) in [6, 6.07) is 4.01. The summed E-state index contributed by atoms with van der Waals surface area (Å²) in [5, 5.41) is 3.32. The van der Waals surface area contributed by atoms with Gasteiger partial charge in [0.15, 0.2) is 11.1 Å². The van der Waals surface area contributed by atoms with Crippen LogP contribution in [-0.4, -0.2) is 77.6 Å². The molecule has 5 atom stereocenters. The molecule has 2 saturated heterocycles. The van der Waals surface area contributed by atoms with Gasteiger partial charge in [-0.15, -0.1) is 11.7 Å². The molecule has 0 N–H and O–H groups in total. The van der Waals surface area contributed by atoms with Crippen molar-refractivity contribution in [2.75, 3.05) is 33.5 Å². The molecule has 0 amide bonds. The molecule has 2 aliphatic heterocycles. The lowest BCUT2D eigenvalue weighted by Gasteiger charge is -2.38. The van der Waals surface area contributed by atoms with Crippen molar-refractivity contribution >= 4 is 24.7 Å². The molecule has 2 aromatic heterocycles. The molecule has 5 rings (SSSR count). The highest BCUT2D eigenvalue weighted by molar-refractivity contribution is 7.55. The van der Waals surface area contributed by atoms with E-state index < -0.39 is 43.1 Å². The molecule has 0 spiro atoms. The zero-order valence-electron chi connectivity index (χ0n) is 25.8. The summed E-state index contributed by atoms with van der Waals surface area (Å²) < 4.78 is 58.7. The molecule has 0 radical (unpaired) electrons. The fourth-order valence-corrected chi connectivity index (χ4v) is 8.96. The molecule has 3 aliphatic rings. The molecule has 240 valence electrons. The largest absolute Gasteiger partial charge is 0.381 e. The fourth-order valence-electron chi connectivity index (χ4n) is 6.69. The Morgan fingerprint density at radius 1 is 1.19 bits per heavy atom. The predicted octanol–water partition coefficient (Wildman–Crippen LogP) is 6.28. The van der Waals surface area contributed by atoms with E-state index in [2.05, 4.69) is 16.7 Å². The minimum absolute atomic E-state index is 0.0183. The van der Waals surface area contributed by atoms with E-state index in [9.17, 15) is 4.57 Å². The molecule has 4 heterocycles. The minimum atomic E-state index is -3.81. The van der Waals surface area contributed by atoms with E-state index in [1.54, 1.807) is 19.9 Å². The van der Waals surface area contributed by atoms with Crippen LogP contribution in [0.1, 0.15) is 77.3 Å². The molecule has 1 aliphatic carbocycles. The molecule has 0 bridgehead atoms. The van der Waals surface area contributed by atoms with Crippen LogP contribution in [0.2, 0.25) is 5.28 Å². The fraction of sp³-hybridized carbons (Fsp3) is 0.733. The molecule has 13 heteroatoms. The summed E-state index contributed by atoms with van der Waals surface area (Å²) in [6.07, 6.45) is 5.55. The third-order valence-electron chi connectivity index (χ3n) is 8.43. The molecular formula is C30H45ClN3O8P. The summed E-state index contributed by atoms with van der Waals surface area (Å²) in [5.41, 5.74) is 2.63. The van der Waals surface area contributed by atoms with E-state index in [1.807, 2.05) is 30.5 Å². The van der Waals surface area contributed by atoms with E-state index in [0.29, 0.717) is 5.92 Å². The van der Waals surface area contributed by atoms with Crippen molar-refractivity contribution in [3.8, 4) is 0 Å². The van der Waals surface area contributed by atoms with Crippen LogP contribution in [-0.2, 0) is 43.7 Å². The van der Waals surface area contributed by atoms with Gasteiger partial charge >= 0.3 is 7.60 Å². The number of halogens is 1. The smallest absolute Gasteiger partial charge is 0.364 e. The number of ether oxygens (including phenoxy) is 5. The lowest BCUT2D eigenvalue weighted by molar-refractivity contribution is -0.198. The Kier molecular flexibility index (Phi) is 10.4. The van der Waals surface area contributed by atoms with Crippen LogP contribution < -0.4 is 0 Å². The maximum atomic E-state index is 14.1. The van der Waals surface area contributed by atoms with E-state index in [1.165, 1.54) is 32.8 Å². The van der Waals surface area contributed by atoms with Gasteiger partial charge in [-0.25, -0.2) is 9.50 Å². The topological polar surface area (TPSA) is 112 Å². The van der Waals surface area contributed by atoms with Crippen molar-refractivity contribution in [2.45, 2.75) is 102 Å². The maximum Gasteiger partial charge on any atom is 0.364 e. The van der Waals surface area contributed by atoms with Crippen LogP contribution >= 0.6 is 19.2 Å². The quantitative estimate of drug-likeness (QED) is 0.163. The van der Waals surface area contributed by atoms with Crippen molar-refractivity contribution in [3.63, 3.8) is 0 Å². The third kappa shape index (κ3) is 6.62. The van der Waals surface area contributed by atoms with Crippen molar-refractivity contribution < 1.29 is 37.3 Å². The summed E-state index contributed by atoms with van der Waals surface area (Å²) in [5.74, 6) is -0.249. The van der Waals surface area contributed by atoms with Gasteiger partial charge in [0.1, 0.15) is 24.4 Å². The minimum Gasteiger partial charge on any atom is -0.381 e. The molecule has 1 saturated carbocycles. The first-order chi connectivity index (χ1) is 20.6. The van der Waals surface area contributed by atoms with Crippen LogP contribution in [0.15, 0.2) is 24.8 Å². The van der Waals surface area contributed by atoms with Crippen LogP contribution in [0.25, 0.3) is 5.52 Å². The zero-order chi connectivity index (χ0) is 30.8. The van der Waals surface area contributed by atoms with Crippen molar-refractivity contribution in [1.29, 1.82) is 0 Å². The van der Waals surface area contributed by atoms with Crippen LogP contribution in [0.4, 0.5) is 0 Å². The van der Waals surface area contributed by atoms with Gasteiger partial charge in [0.2, 0.25) is 5.28 Å². The highest BCUT2D eigenvalue weighted by Crippen LogP contribution is 2.62. The van der Waals surface area contributed by atoms with E-state index in [4.69, 9.17) is 44.3 Å². The van der Waals surface area contributed by atoms with E-state index in [-0.39, 0.29) is 38.1 Å². The van der Waals surface area contributed by atoms with Gasteiger partial charge in [0.05, 0.1) is 43.3 Å². The highest BCUT2D eigenvalue weighted by Gasteiger charge is 2.58. The van der Waals surface area contributed by atoms with Crippen molar-refractivity contribution in [3.05, 3.63) is 41.5 Å². The second kappa shape index (κ2) is 13.5. The number of hydrogen-bond acceptors (Lipinski definition) is 10. The number of fused-ring (bicyclic) bond motifs is 2. The van der Waals surface area contributed by atoms with Crippen LogP contribution in [0.3, 0.4) is 0 Å². The maximum absolute atomic E-state index is 14.1. The Hall–Kier alpha value is -1.40. The Morgan fingerprint density at radius 2 is 1.88 bits per heavy atom. The summed E-state index contributed by atoms with van der Waals surface area (Å²) in [7, 11) is -2.29. The molecule has 3 fully saturated rings. The summed E-state index contributed by atoms with van der Waals surface area (Å²) in [6.45, 7) is 11.5. The molecule has 11 nitrogen and oxygen atoms in total. The molecule has 0 unspecified atom stereocenters. The zero-order valence-corrected chi connectivity index (χ0v) is 27.5. The monoisotopic (exact) mass is 641 g/mol. The average molecular weight is 642 g/mol. The first-order valence-corrected chi connectivity index (χ1v) is 17.2. The number of hydrogen-bond donors (Lipinski definition) is 0. The Balaban J connectivity index is 1.45. The molecule has 43 heavy (non-hydrogen) atoms. The van der Waals surface area contributed by atoms with Gasteiger partial charge in [0.25, 0.3) is 0 Å². The standard InChI is InChI=1S/C30H45ClN3O8P/c1-7-16-30(19-36-6,43(35,38-8-2)39-9-3)37-18-24-26-27(42-29(4,5)41-26)25(40-24)23-15-14-22-21(17-20-12-10-11-13-20)32-28(31)33-34(22)23/h7,14-15,20,24-27H,1,8-13,16-19H2,2-6H3/t24-,25-,26-,27+,30+/m1/s1. The Labute approximate surface area is 259 Å². The third-order valence-corrected chi connectivity index (χ3v) is 11.2. The molecule has 0 aromatic carbocycles. The summed E-state index contributed by atoms with van der Waals surface area (Å²) >= 11 is 6.45. The second-order valence-corrected chi connectivity index (χ2v) is 14.6.